The van der Waals surface area contributed by atoms with E-state index in [2.05, 4.69) is 4.98 Å². The molecule has 0 unspecified atom stereocenters. The van der Waals surface area contributed by atoms with Gasteiger partial charge in [-0.1, -0.05) is 6.07 Å². The molecule has 0 bridgehead atoms. The average molecular weight is 268 g/mol. The van der Waals surface area contributed by atoms with Gasteiger partial charge in [-0.15, -0.1) is 11.3 Å². The van der Waals surface area contributed by atoms with Gasteiger partial charge in [0.25, 0.3) is 0 Å². The fourth-order valence-electron chi connectivity index (χ4n) is 1.59. The second-order valence-corrected chi connectivity index (χ2v) is 4.55. The van der Waals surface area contributed by atoms with Crippen molar-refractivity contribution in [1.29, 1.82) is 5.26 Å². The quantitative estimate of drug-likeness (QED) is 0.783. The minimum Gasteiger partial charge on any atom is -0.247 e. The molecule has 0 amide bonds. The van der Waals surface area contributed by atoms with Crippen LogP contribution in [0.3, 0.4) is 0 Å². The van der Waals surface area contributed by atoms with Crippen LogP contribution in [0.25, 0.3) is 10.4 Å². The van der Waals surface area contributed by atoms with Crippen molar-refractivity contribution in [1.82, 2.24) is 4.98 Å². The van der Waals surface area contributed by atoms with Gasteiger partial charge in [0.1, 0.15) is 11.8 Å². The summed E-state index contributed by atoms with van der Waals surface area (Å²) in [5.74, 6) is 0. The molecule has 2 heterocycles. The number of pyridine rings is 1. The number of aryl methyl sites for hydroxylation is 1. The van der Waals surface area contributed by atoms with Crippen LogP contribution in [0.15, 0.2) is 23.6 Å². The molecule has 92 valence electrons. The number of hydrogen-bond acceptors (Lipinski definition) is 3. The Morgan fingerprint density at radius 1 is 1.39 bits per heavy atom. The summed E-state index contributed by atoms with van der Waals surface area (Å²) < 4.78 is 38.0. The molecule has 0 saturated heterocycles. The van der Waals surface area contributed by atoms with E-state index in [1.54, 1.807) is 17.5 Å². The molecule has 2 aromatic heterocycles. The highest BCUT2D eigenvalue weighted by Crippen LogP contribution is 2.35. The molecule has 0 N–H and O–H groups in total. The summed E-state index contributed by atoms with van der Waals surface area (Å²) in [5, 5.41) is 10.8. The van der Waals surface area contributed by atoms with E-state index in [-0.39, 0.29) is 16.8 Å². The molecule has 0 atom stereocenters. The summed E-state index contributed by atoms with van der Waals surface area (Å²) in [6.45, 7) is 1.41. The van der Waals surface area contributed by atoms with E-state index >= 15 is 0 Å². The summed E-state index contributed by atoms with van der Waals surface area (Å²) in [7, 11) is 0. The van der Waals surface area contributed by atoms with Crippen molar-refractivity contribution < 1.29 is 13.2 Å². The maximum Gasteiger partial charge on any atom is 0.433 e. The molecule has 0 aliphatic rings. The van der Waals surface area contributed by atoms with E-state index in [9.17, 15) is 13.2 Å². The van der Waals surface area contributed by atoms with E-state index in [1.807, 2.05) is 6.07 Å². The van der Waals surface area contributed by atoms with Gasteiger partial charge in [0, 0.05) is 10.4 Å². The summed E-state index contributed by atoms with van der Waals surface area (Å²) in [5.41, 5.74) is -0.407. The van der Waals surface area contributed by atoms with Crippen LogP contribution in [0.1, 0.15) is 17.0 Å². The number of alkyl halides is 3. The zero-order valence-corrected chi connectivity index (χ0v) is 10.1. The van der Waals surface area contributed by atoms with E-state index < -0.39 is 11.9 Å². The van der Waals surface area contributed by atoms with Gasteiger partial charge in [-0.3, -0.25) is 0 Å². The number of aromatic nitrogens is 1. The third-order valence-corrected chi connectivity index (χ3v) is 3.29. The Morgan fingerprint density at radius 2 is 2.11 bits per heavy atom. The first-order chi connectivity index (χ1) is 8.43. The number of nitriles is 1. The van der Waals surface area contributed by atoms with Crippen LogP contribution >= 0.6 is 11.3 Å². The van der Waals surface area contributed by atoms with Crippen LogP contribution in [-0.2, 0) is 6.18 Å². The topological polar surface area (TPSA) is 36.7 Å². The Labute approximate surface area is 105 Å². The van der Waals surface area contributed by atoms with Crippen molar-refractivity contribution in [2.75, 3.05) is 0 Å². The highest BCUT2D eigenvalue weighted by molar-refractivity contribution is 7.13. The smallest absolute Gasteiger partial charge is 0.247 e. The van der Waals surface area contributed by atoms with Gasteiger partial charge in [0.15, 0.2) is 0 Å². The van der Waals surface area contributed by atoms with Crippen molar-refractivity contribution in [2.24, 2.45) is 0 Å². The van der Waals surface area contributed by atoms with E-state index in [1.165, 1.54) is 18.3 Å². The van der Waals surface area contributed by atoms with Crippen LogP contribution in [0.5, 0.6) is 0 Å². The average Bonchev–Trinajstić information content (AvgIpc) is 2.79. The number of thiophene rings is 1. The molecule has 0 radical (unpaired) electrons. The number of hydrogen-bond donors (Lipinski definition) is 0. The molecule has 0 aliphatic heterocycles. The van der Waals surface area contributed by atoms with Crippen molar-refractivity contribution in [2.45, 2.75) is 13.1 Å². The maximum absolute atomic E-state index is 12.7. The van der Waals surface area contributed by atoms with Crippen LogP contribution in [0, 0.1) is 18.3 Å². The molecule has 2 aromatic rings. The third-order valence-electron chi connectivity index (χ3n) is 2.39. The lowest BCUT2D eigenvalue weighted by Gasteiger charge is -2.10. The number of halogens is 3. The highest BCUT2D eigenvalue weighted by atomic mass is 32.1. The Morgan fingerprint density at radius 3 is 2.61 bits per heavy atom. The molecule has 6 heteroatoms. The van der Waals surface area contributed by atoms with Crippen LogP contribution in [0.4, 0.5) is 13.2 Å². The molecular formula is C12H7F3N2S. The van der Waals surface area contributed by atoms with Crippen molar-refractivity contribution in [3.8, 4) is 16.5 Å². The van der Waals surface area contributed by atoms with Gasteiger partial charge >= 0.3 is 6.18 Å². The molecule has 0 aliphatic carbocycles. The van der Waals surface area contributed by atoms with Crippen molar-refractivity contribution in [3.63, 3.8) is 0 Å². The lowest BCUT2D eigenvalue weighted by atomic mass is 10.0. The predicted octanol–water partition coefficient (Wildman–Crippen LogP) is 4.01. The second kappa shape index (κ2) is 4.42. The van der Waals surface area contributed by atoms with Crippen molar-refractivity contribution in [3.05, 3.63) is 40.5 Å². The normalized spacial score (nSPS) is 11.3. The van der Waals surface area contributed by atoms with Gasteiger partial charge in [0.2, 0.25) is 0 Å². The first-order valence-electron chi connectivity index (χ1n) is 4.96. The molecule has 0 fully saturated rings. The largest absolute Gasteiger partial charge is 0.433 e. The Balaban J connectivity index is 2.71. The third kappa shape index (κ3) is 2.22. The molecular weight excluding hydrogens is 261 g/mol. The zero-order chi connectivity index (χ0) is 13.3. The van der Waals surface area contributed by atoms with Crippen LogP contribution < -0.4 is 0 Å². The fraction of sp³-hybridized carbons (Fsp3) is 0.167. The SMILES string of the molecule is Cc1nc(C(F)(F)F)cc(-c2cccs2)c1C#N. The highest BCUT2D eigenvalue weighted by Gasteiger charge is 2.34. The first kappa shape index (κ1) is 12.6. The molecule has 18 heavy (non-hydrogen) atoms. The summed E-state index contributed by atoms with van der Waals surface area (Å²) in [6.07, 6.45) is -4.51. The van der Waals surface area contributed by atoms with Gasteiger partial charge in [-0.2, -0.15) is 18.4 Å². The standard InChI is InChI=1S/C12H7F3N2S/c1-7-9(6-16)8(10-3-2-4-18-10)5-11(17-7)12(13,14)15/h2-5H,1H3. The fourth-order valence-corrected chi connectivity index (χ4v) is 2.33. The van der Waals surface area contributed by atoms with Crippen LogP contribution in [0.2, 0.25) is 0 Å². The van der Waals surface area contributed by atoms with Gasteiger partial charge in [-0.05, 0) is 24.4 Å². The van der Waals surface area contributed by atoms with Gasteiger partial charge in [-0.25, -0.2) is 4.98 Å². The number of nitrogens with zero attached hydrogens (tertiary/aromatic N) is 2. The Bertz CT molecular complexity index is 609. The Kier molecular flexibility index (Phi) is 3.09. The van der Waals surface area contributed by atoms with E-state index in [0.717, 1.165) is 6.07 Å². The minimum atomic E-state index is -4.51. The monoisotopic (exact) mass is 268 g/mol. The van der Waals surface area contributed by atoms with Crippen molar-refractivity contribution >= 4 is 11.3 Å². The van der Waals surface area contributed by atoms with E-state index in [0.29, 0.717) is 4.88 Å². The lowest BCUT2D eigenvalue weighted by Crippen LogP contribution is -2.10. The maximum atomic E-state index is 12.7. The predicted molar refractivity (Wildman–Crippen MR) is 62.0 cm³/mol. The molecule has 2 rings (SSSR count). The minimum absolute atomic E-state index is 0.0933. The Hall–Kier alpha value is -1.87. The molecule has 0 aromatic carbocycles. The van der Waals surface area contributed by atoms with Gasteiger partial charge < -0.3 is 0 Å². The summed E-state index contributed by atoms with van der Waals surface area (Å²) >= 11 is 1.29. The van der Waals surface area contributed by atoms with Crippen LogP contribution in [-0.4, -0.2) is 4.98 Å². The summed E-state index contributed by atoms with van der Waals surface area (Å²) in [6, 6.07) is 6.24. The first-order valence-corrected chi connectivity index (χ1v) is 5.84. The number of rotatable bonds is 1. The lowest BCUT2D eigenvalue weighted by molar-refractivity contribution is -0.141. The zero-order valence-electron chi connectivity index (χ0n) is 9.25. The molecule has 2 nitrogen and oxygen atoms in total. The van der Waals surface area contributed by atoms with E-state index in [4.69, 9.17) is 5.26 Å². The van der Waals surface area contributed by atoms with Gasteiger partial charge in [0.05, 0.1) is 11.3 Å². The summed E-state index contributed by atoms with van der Waals surface area (Å²) in [4.78, 5) is 4.07. The molecule has 0 saturated carbocycles. The second-order valence-electron chi connectivity index (χ2n) is 3.60. The molecule has 0 spiro atoms.